The highest BCUT2D eigenvalue weighted by Gasteiger charge is 2.26. The van der Waals surface area contributed by atoms with Crippen molar-refractivity contribution in [1.82, 2.24) is 0 Å². The lowest BCUT2D eigenvalue weighted by Gasteiger charge is -2.31. The van der Waals surface area contributed by atoms with Gasteiger partial charge in [-0.3, -0.25) is 4.99 Å². The van der Waals surface area contributed by atoms with Gasteiger partial charge in [-0.2, -0.15) is 0 Å². The first-order valence-corrected chi connectivity index (χ1v) is 4.42. The zero-order valence-electron chi connectivity index (χ0n) is 8.04. The fourth-order valence-corrected chi connectivity index (χ4v) is 1.14. The second-order valence-electron chi connectivity index (χ2n) is 3.96. The smallest absolute Gasteiger partial charge is 0.0848 e. The number of aliphatic hydroxyl groups is 1. The normalized spacial score (nSPS) is 29.2. The fourth-order valence-electron chi connectivity index (χ4n) is 1.14. The molecule has 0 aliphatic carbocycles. The maximum atomic E-state index is 8.82. The number of hydrogen-bond donors (Lipinski definition) is 1. The Kier molecular flexibility index (Phi) is 2.68. The van der Waals surface area contributed by atoms with Crippen molar-refractivity contribution in [2.75, 3.05) is 13.2 Å². The molecule has 2 heteroatoms. The van der Waals surface area contributed by atoms with Crippen molar-refractivity contribution in [3.05, 3.63) is 12.2 Å². The van der Waals surface area contributed by atoms with E-state index < -0.39 is 0 Å². The summed E-state index contributed by atoms with van der Waals surface area (Å²) in [5.41, 5.74) is 0.978. The van der Waals surface area contributed by atoms with Gasteiger partial charge in [0.25, 0.3) is 0 Å². The molecule has 12 heavy (non-hydrogen) atoms. The van der Waals surface area contributed by atoms with Crippen LogP contribution in [-0.2, 0) is 0 Å². The molecule has 0 spiro atoms. The molecule has 0 amide bonds. The minimum atomic E-state index is 0.0602. The van der Waals surface area contributed by atoms with Gasteiger partial charge in [-0.05, 0) is 12.0 Å². The van der Waals surface area contributed by atoms with Crippen LogP contribution in [0.1, 0.15) is 20.8 Å². The molecular formula is C10H17NO. The molecule has 0 saturated heterocycles. The molecule has 1 N–H and O–H groups in total. The molecule has 0 aromatic rings. The highest BCUT2D eigenvalue weighted by atomic mass is 16.3. The lowest BCUT2D eigenvalue weighted by atomic mass is 9.77. The Balaban J connectivity index is 2.70. The Morgan fingerprint density at radius 2 is 2.33 bits per heavy atom. The summed E-state index contributed by atoms with van der Waals surface area (Å²) in [5, 5.41) is 8.82. The quantitative estimate of drug-likeness (QED) is 0.666. The number of rotatable bonds is 2. The highest BCUT2D eigenvalue weighted by molar-refractivity contribution is 5.96. The van der Waals surface area contributed by atoms with E-state index in [1.807, 2.05) is 6.08 Å². The average Bonchev–Trinajstić information content (AvgIpc) is 2.06. The zero-order chi connectivity index (χ0) is 9.19. The summed E-state index contributed by atoms with van der Waals surface area (Å²) >= 11 is 0. The van der Waals surface area contributed by atoms with Gasteiger partial charge in [0.05, 0.1) is 12.3 Å². The Morgan fingerprint density at radius 3 is 2.67 bits per heavy atom. The van der Waals surface area contributed by atoms with Crippen molar-refractivity contribution in [3.8, 4) is 0 Å². The summed E-state index contributed by atoms with van der Waals surface area (Å²) in [6.07, 6.45) is 4.10. The third-order valence-corrected chi connectivity index (χ3v) is 2.76. The van der Waals surface area contributed by atoms with E-state index in [1.165, 1.54) is 0 Å². The van der Waals surface area contributed by atoms with Crippen LogP contribution in [0.4, 0.5) is 0 Å². The second kappa shape index (κ2) is 3.40. The molecule has 1 unspecified atom stereocenters. The molecule has 1 rings (SSSR count). The molecule has 1 heterocycles. The molecule has 0 saturated carbocycles. The fraction of sp³-hybridized carbons (Fsp3) is 0.700. The van der Waals surface area contributed by atoms with E-state index in [4.69, 9.17) is 5.11 Å². The summed E-state index contributed by atoms with van der Waals surface area (Å²) in [7, 11) is 0. The summed E-state index contributed by atoms with van der Waals surface area (Å²) in [5.74, 6) is 0.595. The standard InChI is InChI=1S/C10H17NO/c1-8(2)10(3)5-4-9(6-12)11-7-10/h4-5,8,12H,6-7H2,1-3H3. The van der Waals surface area contributed by atoms with Gasteiger partial charge in [0.1, 0.15) is 0 Å². The maximum absolute atomic E-state index is 8.82. The molecule has 1 atom stereocenters. The van der Waals surface area contributed by atoms with Crippen LogP contribution in [0, 0.1) is 11.3 Å². The molecular weight excluding hydrogens is 150 g/mol. The summed E-state index contributed by atoms with van der Waals surface area (Å²) in [6.45, 7) is 7.46. The van der Waals surface area contributed by atoms with Crippen LogP contribution in [0.15, 0.2) is 17.1 Å². The van der Waals surface area contributed by atoms with Crippen molar-refractivity contribution in [2.24, 2.45) is 16.3 Å². The Bertz CT molecular complexity index is 218. The maximum Gasteiger partial charge on any atom is 0.0848 e. The van der Waals surface area contributed by atoms with Crippen LogP contribution >= 0.6 is 0 Å². The third-order valence-electron chi connectivity index (χ3n) is 2.76. The van der Waals surface area contributed by atoms with Crippen molar-refractivity contribution in [1.29, 1.82) is 0 Å². The topological polar surface area (TPSA) is 32.6 Å². The molecule has 0 aromatic heterocycles. The third kappa shape index (κ3) is 1.75. The van der Waals surface area contributed by atoms with Gasteiger partial charge in [0.15, 0.2) is 0 Å². The van der Waals surface area contributed by atoms with Crippen LogP contribution in [0.3, 0.4) is 0 Å². The van der Waals surface area contributed by atoms with Gasteiger partial charge >= 0.3 is 0 Å². The number of aliphatic hydroxyl groups excluding tert-OH is 1. The van der Waals surface area contributed by atoms with Crippen LogP contribution in [0.2, 0.25) is 0 Å². The first-order chi connectivity index (χ1) is 5.58. The van der Waals surface area contributed by atoms with Gasteiger partial charge in [-0.1, -0.05) is 26.8 Å². The monoisotopic (exact) mass is 167 g/mol. The Hall–Kier alpha value is -0.630. The minimum absolute atomic E-state index is 0.0602. The van der Waals surface area contributed by atoms with Gasteiger partial charge in [0, 0.05) is 12.0 Å². The molecule has 1 aliphatic rings. The first-order valence-electron chi connectivity index (χ1n) is 4.42. The first kappa shape index (κ1) is 9.46. The predicted octanol–water partition coefficient (Wildman–Crippen LogP) is 1.65. The van der Waals surface area contributed by atoms with Crippen molar-refractivity contribution in [2.45, 2.75) is 20.8 Å². The molecule has 1 aliphatic heterocycles. The largest absolute Gasteiger partial charge is 0.390 e. The van der Waals surface area contributed by atoms with E-state index in [0.717, 1.165) is 12.3 Å². The van der Waals surface area contributed by atoms with Gasteiger partial charge in [-0.25, -0.2) is 0 Å². The number of hydrogen-bond acceptors (Lipinski definition) is 2. The number of nitrogens with zero attached hydrogens (tertiary/aromatic N) is 1. The van der Waals surface area contributed by atoms with E-state index in [-0.39, 0.29) is 12.0 Å². The van der Waals surface area contributed by atoms with Crippen LogP contribution in [-0.4, -0.2) is 24.0 Å². The van der Waals surface area contributed by atoms with Crippen LogP contribution in [0.25, 0.3) is 0 Å². The number of dihydropyridines is 1. The van der Waals surface area contributed by atoms with Crippen molar-refractivity contribution < 1.29 is 5.11 Å². The van der Waals surface area contributed by atoms with Gasteiger partial charge < -0.3 is 5.11 Å². The van der Waals surface area contributed by atoms with E-state index in [9.17, 15) is 0 Å². The Morgan fingerprint density at radius 1 is 1.67 bits per heavy atom. The molecule has 68 valence electrons. The van der Waals surface area contributed by atoms with E-state index in [0.29, 0.717) is 5.92 Å². The lowest BCUT2D eigenvalue weighted by Crippen LogP contribution is -2.28. The highest BCUT2D eigenvalue weighted by Crippen LogP contribution is 2.30. The zero-order valence-corrected chi connectivity index (χ0v) is 8.04. The SMILES string of the molecule is CC(C)C1(C)C=CC(CO)=NC1. The summed E-state index contributed by atoms with van der Waals surface area (Å²) in [4.78, 5) is 4.30. The minimum Gasteiger partial charge on any atom is -0.390 e. The molecule has 0 bridgehead atoms. The second-order valence-corrected chi connectivity index (χ2v) is 3.96. The predicted molar refractivity (Wildman–Crippen MR) is 51.5 cm³/mol. The van der Waals surface area contributed by atoms with Crippen molar-refractivity contribution >= 4 is 5.71 Å². The summed E-state index contributed by atoms with van der Waals surface area (Å²) in [6, 6.07) is 0. The molecule has 0 fully saturated rings. The average molecular weight is 167 g/mol. The summed E-state index contributed by atoms with van der Waals surface area (Å²) < 4.78 is 0. The van der Waals surface area contributed by atoms with E-state index in [1.54, 1.807) is 0 Å². The number of aliphatic imine (C=N–C) groups is 1. The van der Waals surface area contributed by atoms with Crippen molar-refractivity contribution in [3.63, 3.8) is 0 Å². The lowest BCUT2D eigenvalue weighted by molar-refractivity contribution is 0.303. The van der Waals surface area contributed by atoms with Gasteiger partial charge in [-0.15, -0.1) is 0 Å². The molecule has 0 radical (unpaired) electrons. The molecule has 0 aromatic carbocycles. The van der Waals surface area contributed by atoms with Crippen LogP contribution < -0.4 is 0 Å². The van der Waals surface area contributed by atoms with Gasteiger partial charge in [0.2, 0.25) is 0 Å². The molecule has 2 nitrogen and oxygen atoms in total. The Labute approximate surface area is 74.0 Å². The van der Waals surface area contributed by atoms with E-state index >= 15 is 0 Å². The van der Waals surface area contributed by atoms with E-state index in [2.05, 4.69) is 31.8 Å². The van der Waals surface area contributed by atoms with Crippen LogP contribution in [0.5, 0.6) is 0 Å².